The molecule has 0 saturated carbocycles. The summed E-state index contributed by atoms with van der Waals surface area (Å²) in [6.07, 6.45) is 0.246. The molecule has 1 atom stereocenters. The normalized spacial score (nSPS) is 17.0. The summed E-state index contributed by atoms with van der Waals surface area (Å²) in [6.45, 7) is 1.87. The van der Waals surface area contributed by atoms with Gasteiger partial charge in [-0.15, -0.1) is 0 Å². The van der Waals surface area contributed by atoms with Crippen LogP contribution in [-0.2, 0) is 4.79 Å². The minimum Gasteiger partial charge on any atom is -0.496 e. The molecule has 0 fully saturated rings. The summed E-state index contributed by atoms with van der Waals surface area (Å²) in [6, 6.07) is 14.2. The Morgan fingerprint density at radius 1 is 1.17 bits per heavy atom. The van der Waals surface area contributed by atoms with Gasteiger partial charge in [0.05, 0.1) is 24.0 Å². The van der Waals surface area contributed by atoms with Crippen molar-refractivity contribution < 1.29 is 14.3 Å². The predicted molar refractivity (Wildman–Crippen MR) is 89.0 cm³/mol. The molecular formula is C18H18N2O3. The summed E-state index contributed by atoms with van der Waals surface area (Å²) in [5.74, 6) is 0.241. The topological polar surface area (TPSA) is 58.6 Å². The molecule has 0 aliphatic carbocycles. The Hall–Kier alpha value is -2.82. The lowest BCUT2D eigenvalue weighted by atomic mass is 10.1. The summed E-state index contributed by atoms with van der Waals surface area (Å²) >= 11 is 0. The van der Waals surface area contributed by atoms with E-state index in [1.165, 1.54) is 7.11 Å². The Morgan fingerprint density at radius 3 is 2.65 bits per heavy atom. The highest BCUT2D eigenvalue weighted by molar-refractivity contribution is 6.12. The molecule has 0 saturated heterocycles. The van der Waals surface area contributed by atoms with Gasteiger partial charge in [-0.1, -0.05) is 24.3 Å². The number of hydrogen-bond donors (Lipinski definition) is 1. The quantitative estimate of drug-likeness (QED) is 0.927. The van der Waals surface area contributed by atoms with E-state index < -0.39 is 0 Å². The van der Waals surface area contributed by atoms with E-state index in [9.17, 15) is 9.59 Å². The van der Waals surface area contributed by atoms with E-state index in [0.717, 1.165) is 0 Å². The summed E-state index contributed by atoms with van der Waals surface area (Å²) in [7, 11) is 1.54. The summed E-state index contributed by atoms with van der Waals surface area (Å²) in [5.41, 5.74) is 1.82. The molecule has 1 aliphatic heterocycles. The van der Waals surface area contributed by atoms with Crippen LogP contribution in [0.4, 0.5) is 11.4 Å². The number of para-hydroxylation sites is 3. The fourth-order valence-corrected chi connectivity index (χ4v) is 2.85. The Balaban J connectivity index is 2.10. The average molecular weight is 310 g/mol. The number of amides is 2. The van der Waals surface area contributed by atoms with Crippen molar-refractivity contribution in [3.63, 3.8) is 0 Å². The Kier molecular flexibility index (Phi) is 4.02. The van der Waals surface area contributed by atoms with Crippen LogP contribution in [0.5, 0.6) is 5.75 Å². The van der Waals surface area contributed by atoms with E-state index in [4.69, 9.17) is 4.74 Å². The molecule has 0 unspecified atom stereocenters. The van der Waals surface area contributed by atoms with Crippen LogP contribution < -0.4 is 15.0 Å². The SMILES string of the molecule is COc1ccccc1C(=O)N1c2ccccc2NC(=O)C[C@H]1C. The maximum absolute atomic E-state index is 13.1. The molecule has 1 heterocycles. The average Bonchev–Trinajstić information content (AvgIpc) is 2.68. The molecule has 0 aromatic heterocycles. The van der Waals surface area contributed by atoms with Gasteiger partial charge in [-0.05, 0) is 31.2 Å². The first-order chi connectivity index (χ1) is 11.1. The third kappa shape index (κ3) is 2.77. The number of ether oxygens (including phenoxy) is 1. The van der Waals surface area contributed by atoms with Gasteiger partial charge < -0.3 is 15.0 Å². The third-order valence-electron chi connectivity index (χ3n) is 3.92. The molecule has 2 aromatic rings. The van der Waals surface area contributed by atoms with Crippen LogP contribution in [0.1, 0.15) is 23.7 Å². The lowest BCUT2D eigenvalue weighted by Crippen LogP contribution is -2.39. The first-order valence-corrected chi connectivity index (χ1v) is 7.47. The van der Waals surface area contributed by atoms with Crippen molar-refractivity contribution in [1.29, 1.82) is 0 Å². The zero-order valence-corrected chi connectivity index (χ0v) is 13.1. The number of anilines is 2. The predicted octanol–water partition coefficient (Wildman–Crippen LogP) is 3.07. The van der Waals surface area contributed by atoms with Crippen LogP contribution in [0, 0.1) is 0 Å². The molecule has 3 rings (SSSR count). The van der Waals surface area contributed by atoms with Gasteiger partial charge in [-0.3, -0.25) is 9.59 Å². The van der Waals surface area contributed by atoms with Crippen molar-refractivity contribution in [3.05, 3.63) is 54.1 Å². The van der Waals surface area contributed by atoms with Crippen molar-refractivity contribution in [2.45, 2.75) is 19.4 Å². The number of hydrogen-bond acceptors (Lipinski definition) is 3. The maximum atomic E-state index is 13.1. The van der Waals surface area contributed by atoms with Crippen molar-refractivity contribution in [3.8, 4) is 5.75 Å². The monoisotopic (exact) mass is 310 g/mol. The summed E-state index contributed by atoms with van der Waals surface area (Å²) in [5, 5.41) is 2.85. The van der Waals surface area contributed by atoms with Gasteiger partial charge >= 0.3 is 0 Å². The zero-order valence-electron chi connectivity index (χ0n) is 13.1. The second kappa shape index (κ2) is 6.12. The number of carbonyl (C=O) groups excluding carboxylic acids is 2. The molecule has 5 nitrogen and oxygen atoms in total. The smallest absolute Gasteiger partial charge is 0.262 e. The molecule has 5 heteroatoms. The number of methoxy groups -OCH3 is 1. The molecule has 2 amide bonds. The lowest BCUT2D eigenvalue weighted by Gasteiger charge is -2.28. The Bertz CT molecular complexity index is 757. The van der Waals surface area contributed by atoms with Crippen LogP contribution >= 0.6 is 0 Å². The first-order valence-electron chi connectivity index (χ1n) is 7.47. The molecule has 2 aromatic carbocycles. The van der Waals surface area contributed by atoms with Crippen molar-refractivity contribution in [2.24, 2.45) is 0 Å². The lowest BCUT2D eigenvalue weighted by molar-refractivity contribution is -0.116. The van der Waals surface area contributed by atoms with E-state index in [2.05, 4.69) is 5.32 Å². The summed E-state index contributed by atoms with van der Waals surface area (Å²) in [4.78, 5) is 26.8. The van der Waals surface area contributed by atoms with Crippen molar-refractivity contribution in [1.82, 2.24) is 0 Å². The Labute approximate surface area is 134 Å². The molecule has 1 N–H and O–H groups in total. The van der Waals surface area contributed by atoms with Crippen LogP contribution in [0.15, 0.2) is 48.5 Å². The molecule has 1 aliphatic rings. The number of nitrogens with zero attached hydrogens (tertiary/aromatic N) is 1. The van der Waals surface area contributed by atoms with Gasteiger partial charge in [0.1, 0.15) is 5.75 Å². The largest absolute Gasteiger partial charge is 0.496 e. The van der Waals surface area contributed by atoms with E-state index in [1.54, 1.807) is 29.2 Å². The number of fused-ring (bicyclic) bond motifs is 1. The highest BCUT2D eigenvalue weighted by Gasteiger charge is 2.31. The fourth-order valence-electron chi connectivity index (χ4n) is 2.85. The molecule has 0 spiro atoms. The van der Waals surface area contributed by atoms with E-state index in [0.29, 0.717) is 22.7 Å². The van der Waals surface area contributed by atoms with Crippen LogP contribution in [0.3, 0.4) is 0 Å². The number of benzene rings is 2. The molecule has 0 radical (unpaired) electrons. The minimum absolute atomic E-state index is 0.0970. The first kappa shape index (κ1) is 15.1. The van der Waals surface area contributed by atoms with Gasteiger partial charge in [0.2, 0.25) is 5.91 Å². The van der Waals surface area contributed by atoms with E-state index in [-0.39, 0.29) is 24.3 Å². The molecule has 118 valence electrons. The van der Waals surface area contributed by atoms with Gasteiger partial charge in [0.15, 0.2) is 0 Å². The number of nitrogens with one attached hydrogen (secondary N) is 1. The van der Waals surface area contributed by atoms with Gasteiger partial charge in [-0.2, -0.15) is 0 Å². The fraction of sp³-hybridized carbons (Fsp3) is 0.222. The van der Waals surface area contributed by atoms with Crippen molar-refractivity contribution in [2.75, 3.05) is 17.3 Å². The van der Waals surface area contributed by atoms with Crippen LogP contribution in [0.25, 0.3) is 0 Å². The highest BCUT2D eigenvalue weighted by atomic mass is 16.5. The standard InChI is InChI=1S/C18H18N2O3/c1-12-11-17(21)19-14-8-4-5-9-15(14)20(12)18(22)13-7-3-6-10-16(13)23-2/h3-10,12H,11H2,1-2H3,(H,19,21)/t12-/m1/s1. The minimum atomic E-state index is -0.254. The molecule has 0 bridgehead atoms. The van der Waals surface area contributed by atoms with Crippen LogP contribution in [-0.4, -0.2) is 25.0 Å². The highest BCUT2D eigenvalue weighted by Crippen LogP contribution is 2.33. The van der Waals surface area contributed by atoms with Gasteiger partial charge in [0.25, 0.3) is 5.91 Å². The van der Waals surface area contributed by atoms with E-state index >= 15 is 0 Å². The zero-order chi connectivity index (χ0) is 16.4. The molecular weight excluding hydrogens is 292 g/mol. The number of carbonyl (C=O) groups is 2. The Morgan fingerprint density at radius 2 is 1.87 bits per heavy atom. The summed E-state index contributed by atoms with van der Waals surface area (Å²) < 4.78 is 5.30. The number of rotatable bonds is 2. The van der Waals surface area contributed by atoms with E-state index in [1.807, 2.05) is 31.2 Å². The van der Waals surface area contributed by atoms with Crippen molar-refractivity contribution >= 4 is 23.2 Å². The maximum Gasteiger partial charge on any atom is 0.262 e. The van der Waals surface area contributed by atoms with Gasteiger partial charge in [0, 0.05) is 12.5 Å². The second-order valence-electron chi connectivity index (χ2n) is 5.49. The third-order valence-corrected chi connectivity index (χ3v) is 3.92. The molecule has 23 heavy (non-hydrogen) atoms. The van der Waals surface area contributed by atoms with Crippen LogP contribution in [0.2, 0.25) is 0 Å². The van der Waals surface area contributed by atoms with Gasteiger partial charge in [-0.25, -0.2) is 0 Å². The second-order valence-corrected chi connectivity index (χ2v) is 5.49.